The van der Waals surface area contributed by atoms with Crippen LogP contribution in [0.5, 0.6) is 0 Å². The number of nitrogens with one attached hydrogen (secondary N) is 1. The number of halogens is 1. The minimum atomic E-state index is -0.532. The van der Waals surface area contributed by atoms with Crippen LogP contribution >= 0.6 is 15.9 Å². The number of benzene rings is 1. The number of methoxy groups -OCH3 is 1. The number of hydrogen-bond donors (Lipinski definition) is 1. The summed E-state index contributed by atoms with van der Waals surface area (Å²) in [6.07, 6.45) is 3.81. The number of esters is 1. The molecule has 2 rings (SSSR count). The molecule has 1 saturated carbocycles. The van der Waals surface area contributed by atoms with Gasteiger partial charge in [0.2, 0.25) is 0 Å². The zero-order valence-corrected chi connectivity index (χ0v) is 11.4. The maximum atomic E-state index is 11.9. The van der Waals surface area contributed by atoms with Crippen molar-refractivity contribution in [2.45, 2.75) is 31.2 Å². The second kappa shape index (κ2) is 5.08. The zero-order valence-electron chi connectivity index (χ0n) is 9.83. The Kier molecular flexibility index (Phi) is 3.72. The molecule has 0 spiro atoms. The Labute approximate surface area is 110 Å². The molecule has 17 heavy (non-hydrogen) atoms. The van der Waals surface area contributed by atoms with E-state index in [1.165, 1.54) is 7.11 Å². The highest BCUT2D eigenvalue weighted by atomic mass is 79.9. The molecule has 1 N–H and O–H groups in total. The first-order valence-electron chi connectivity index (χ1n) is 5.78. The second-order valence-electron chi connectivity index (χ2n) is 4.42. The van der Waals surface area contributed by atoms with Crippen molar-refractivity contribution in [1.82, 2.24) is 0 Å². The summed E-state index contributed by atoms with van der Waals surface area (Å²) in [6, 6.07) is 7.85. The first-order chi connectivity index (χ1) is 8.16. The van der Waals surface area contributed by atoms with Gasteiger partial charge in [-0.25, -0.2) is 4.79 Å². The van der Waals surface area contributed by atoms with E-state index in [9.17, 15) is 4.79 Å². The molecule has 1 fully saturated rings. The summed E-state index contributed by atoms with van der Waals surface area (Å²) < 4.78 is 5.93. The summed E-state index contributed by atoms with van der Waals surface area (Å²) in [5, 5.41) is 3.34. The third-order valence-electron chi connectivity index (χ3n) is 3.24. The second-order valence-corrected chi connectivity index (χ2v) is 5.33. The smallest absolute Gasteiger partial charge is 0.331 e. The van der Waals surface area contributed by atoms with Crippen molar-refractivity contribution < 1.29 is 9.53 Å². The highest BCUT2D eigenvalue weighted by molar-refractivity contribution is 9.10. The van der Waals surface area contributed by atoms with Gasteiger partial charge in [0.05, 0.1) is 7.11 Å². The fourth-order valence-electron chi connectivity index (χ4n) is 2.40. The molecule has 0 aliphatic heterocycles. The van der Waals surface area contributed by atoms with Crippen LogP contribution in [0.3, 0.4) is 0 Å². The lowest BCUT2D eigenvalue weighted by atomic mass is 9.97. The minimum absolute atomic E-state index is 0.157. The standard InChI is InChI=1S/C13H16BrNO2/c1-17-12(16)13(7-2-3-8-13)15-11-6-4-5-10(14)9-11/h4-6,9,15H,2-3,7-8H2,1H3. The monoisotopic (exact) mass is 297 g/mol. The molecule has 3 nitrogen and oxygen atoms in total. The summed E-state index contributed by atoms with van der Waals surface area (Å²) in [4.78, 5) is 11.9. The Bertz CT molecular complexity index is 414. The molecule has 1 aromatic rings. The Balaban J connectivity index is 2.21. The molecule has 0 atom stereocenters. The fraction of sp³-hybridized carbons (Fsp3) is 0.462. The topological polar surface area (TPSA) is 38.3 Å². The van der Waals surface area contributed by atoms with Crippen molar-refractivity contribution in [2.75, 3.05) is 12.4 Å². The van der Waals surface area contributed by atoms with E-state index >= 15 is 0 Å². The van der Waals surface area contributed by atoms with Crippen LogP contribution in [0.2, 0.25) is 0 Å². The van der Waals surface area contributed by atoms with Gasteiger partial charge >= 0.3 is 5.97 Å². The van der Waals surface area contributed by atoms with E-state index in [4.69, 9.17) is 4.74 Å². The van der Waals surface area contributed by atoms with Crippen molar-refractivity contribution in [1.29, 1.82) is 0 Å². The van der Waals surface area contributed by atoms with Gasteiger partial charge in [0.25, 0.3) is 0 Å². The van der Waals surface area contributed by atoms with Crippen LogP contribution in [-0.4, -0.2) is 18.6 Å². The van der Waals surface area contributed by atoms with Crippen LogP contribution in [-0.2, 0) is 9.53 Å². The van der Waals surface area contributed by atoms with Crippen molar-refractivity contribution >= 4 is 27.6 Å². The Morgan fingerprint density at radius 2 is 2.12 bits per heavy atom. The van der Waals surface area contributed by atoms with Crippen molar-refractivity contribution in [3.8, 4) is 0 Å². The Morgan fingerprint density at radius 1 is 1.41 bits per heavy atom. The third kappa shape index (κ3) is 2.63. The molecule has 0 saturated heterocycles. The summed E-state index contributed by atoms with van der Waals surface area (Å²) in [7, 11) is 1.45. The molecule has 1 aromatic carbocycles. The Hall–Kier alpha value is -1.03. The molecule has 1 aliphatic rings. The van der Waals surface area contributed by atoms with E-state index < -0.39 is 5.54 Å². The SMILES string of the molecule is COC(=O)C1(Nc2cccc(Br)c2)CCCC1. The van der Waals surface area contributed by atoms with Crippen LogP contribution in [0.4, 0.5) is 5.69 Å². The van der Waals surface area contributed by atoms with Gasteiger partial charge in [-0.3, -0.25) is 0 Å². The van der Waals surface area contributed by atoms with Gasteiger partial charge in [-0.05, 0) is 31.0 Å². The fourth-order valence-corrected chi connectivity index (χ4v) is 2.80. The maximum absolute atomic E-state index is 11.9. The third-order valence-corrected chi connectivity index (χ3v) is 3.73. The average molecular weight is 298 g/mol. The van der Waals surface area contributed by atoms with E-state index in [0.717, 1.165) is 35.8 Å². The largest absolute Gasteiger partial charge is 0.467 e. The molecular formula is C13H16BrNO2. The number of carbonyl (C=O) groups is 1. The van der Waals surface area contributed by atoms with E-state index in [1.54, 1.807) is 0 Å². The van der Waals surface area contributed by atoms with Crippen molar-refractivity contribution in [3.63, 3.8) is 0 Å². The summed E-state index contributed by atoms with van der Waals surface area (Å²) in [5.41, 5.74) is 0.418. The minimum Gasteiger partial charge on any atom is -0.467 e. The lowest BCUT2D eigenvalue weighted by Crippen LogP contribution is -2.44. The van der Waals surface area contributed by atoms with Crippen LogP contribution in [0.1, 0.15) is 25.7 Å². The molecule has 0 unspecified atom stereocenters. The first kappa shape index (κ1) is 12.4. The van der Waals surface area contributed by atoms with Gasteiger partial charge in [-0.15, -0.1) is 0 Å². The van der Waals surface area contributed by atoms with Gasteiger partial charge < -0.3 is 10.1 Å². The normalized spacial score (nSPS) is 17.8. The zero-order chi connectivity index (χ0) is 12.3. The number of ether oxygens (including phenoxy) is 1. The summed E-state index contributed by atoms with van der Waals surface area (Å²) >= 11 is 3.43. The van der Waals surface area contributed by atoms with Crippen molar-refractivity contribution in [3.05, 3.63) is 28.7 Å². The van der Waals surface area contributed by atoms with Crippen LogP contribution < -0.4 is 5.32 Å². The lowest BCUT2D eigenvalue weighted by Gasteiger charge is -2.28. The van der Waals surface area contributed by atoms with Gasteiger partial charge in [-0.2, -0.15) is 0 Å². The molecular weight excluding hydrogens is 282 g/mol. The molecule has 0 heterocycles. The van der Waals surface area contributed by atoms with Crippen molar-refractivity contribution in [2.24, 2.45) is 0 Å². The van der Waals surface area contributed by atoms with Crippen LogP contribution in [0, 0.1) is 0 Å². The predicted octanol–water partition coefficient (Wildman–Crippen LogP) is 3.35. The molecule has 0 amide bonds. The highest BCUT2D eigenvalue weighted by Gasteiger charge is 2.42. The predicted molar refractivity (Wildman–Crippen MR) is 71.0 cm³/mol. The van der Waals surface area contributed by atoms with Crippen LogP contribution in [0.25, 0.3) is 0 Å². The molecule has 0 aromatic heterocycles. The maximum Gasteiger partial charge on any atom is 0.331 e. The molecule has 92 valence electrons. The van der Waals surface area contributed by atoms with Gasteiger partial charge in [-0.1, -0.05) is 34.8 Å². The Morgan fingerprint density at radius 3 is 2.71 bits per heavy atom. The van der Waals surface area contributed by atoms with Gasteiger partial charge in [0.15, 0.2) is 0 Å². The number of anilines is 1. The number of rotatable bonds is 3. The first-order valence-corrected chi connectivity index (χ1v) is 6.58. The number of hydrogen-bond acceptors (Lipinski definition) is 3. The van der Waals surface area contributed by atoms with E-state index in [2.05, 4.69) is 21.2 Å². The summed E-state index contributed by atoms with van der Waals surface area (Å²) in [6.45, 7) is 0. The number of carbonyl (C=O) groups excluding carboxylic acids is 1. The quantitative estimate of drug-likeness (QED) is 0.870. The van der Waals surface area contributed by atoms with Crippen LogP contribution in [0.15, 0.2) is 28.7 Å². The lowest BCUT2D eigenvalue weighted by molar-refractivity contribution is -0.145. The average Bonchev–Trinajstić information content (AvgIpc) is 2.78. The molecule has 1 aliphatic carbocycles. The van der Waals surface area contributed by atoms with E-state index in [-0.39, 0.29) is 5.97 Å². The van der Waals surface area contributed by atoms with E-state index in [1.807, 2.05) is 24.3 Å². The molecule has 0 bridgehead atoms. The molecule has 4 heteroatoms. The van der Waals surface area contributed by atoms with Gasteiger partial charge in [0, 0.05) is 10.2 Å². The summed E-state index contributed by atoms with van der Waals surface area (Å²) in [5.74, 6) is -0.157. The van der Waals surface area contributed by atoms with E-state index in [0.29, 0.717) is 0 Å². The highest BCUT2D eigenvalue weighted by Crippen LogP contribution is 2.34. The molecule has 0 radical (unpaired) electrons. The van der Waals surface area contributed by atoms with Gasteiger partial charge in [0.1, 0.15) is 5.54 Å².